The van der Waals surface area contributed by atoms with Gasteiger partial charge in [0.25, 0.3) is 5.91 Å². The number of hydrogen-bond acceptors (Lipinski definition) is 3. The average Bonchev–Trinajstić information content (AvgIpc) is 2.78. The number of carbonyl (C=O) groups excluding carboxylic acids is 1. The van der Waals surface area contributed by atoms with Gasteiger partial charge in [-0.15, -0.1) is 0 Å². The number of nitrogens with one attached hydrogen (secondary N) is 1. The van der Waals surface area contributed by atoms with Crippen molar-refractivity contribution in [1.82, 2.24) is 0 Å². The van der Waals surface area contributed by atoms with E-state index in [9.17, 15) is 4.79 Å². The number of carbonyl (C=O) groups is 1. The number of hydrogen-bond donors (Lipinski definition) is 2. The molecular formula is C14H18N2O2. The van der Waals surface area contributed by atoms with Crippen molar-refractivity contribution in [3.05, 3.63) is 23.8 Å². The summed E-state index contributed by atoms with van der Waals surface area (Å²) in [6.07, 6.45) is 3.94. The van der Waals surface area contributed by atoms with Crippen LogP contribution in [0.25, 0.3) is 0 Å². The highest BCUT2D eigenvalue weighted by Gasteiger charge is 2.33. The lowest BCUT2D eigenvalue weighted by Crippen LogP contribution is -2.36. The first kappa shape index (κ1) is 11.5. The van der Waals surface area contributed by atoms with E-state index < -0.39 is 6.10 Å². The van der Waals surface area contributed by atoms with Gasteiger partial charge in [0.2, 0.25) is 0 Å². The van der Waals surface area contributed by atoms with Crippen LogP contribution in [0.2, 0.25) is 0 Å². The fourth-order valence-corrected chi connectivity index (χ4v) is 2.81. The Hall–Kier alpha value is -1.55. The molecule has 1 heterocycles. The average molecular weight is 246 g/mol. The molecule has 3 N–H and O–H groups in total. The maximum absolute atomic E-state index is 11.6. The van der Waals surface area contributed by atoms with Gasteiger partial charge in [-0.05, 0) is 37.5 Å². The van der Waals surface area contributed by atoms with E-state index in [1.54, 1.807) is 6.92 Å². The van der Waals surface area contributed by atoms with Crippen LogP contribution in [-0.2, 0) is 10.3 Å². The minimum atomic E-state index is -0.429. The Labute approximate surface area is 107 Å². The zero-order valence-electron chi connectivity index (χ0n) is 10.5. The Bertz CT molecular complexity index is 493. The van der Waals surface area contributed by atoms with Crippen LogP contribution in [0.3, 0.4) is 0 Å². The zero-order chi connectivity index (χ0) is 12.8. The standard InChI is InChI=1S/C14H18N2O2/c1-9-13(17)16-11-8-10(4-5-12(11)18-9)14(15)6-2-3-7-14/h4-5,8-9H,2-3,6-7,15H2,1H3,(H,16,17). The molecule has 1 fully saturated rings. The molecule has 3 rings (SSSR count). The molecule has 2 aliphatic rings. The monoisotopic (exact) mass is 246 g/mol. The van der Waals surface area contributed by atoms with Gasteiger partial charge >= 0.3 is 0 Å². The molecule has 1 amide bonds. The molecule has 4 heteroatoms. The summed E-state index contributed by atoms with van der Waals surface area (Å²) in [7, 11) is 0. The van der Waals surface area contributed by atoms with Crippen LogP contribution in [0, 0.1) is 0 Å². The highest BCUT2D eigenvalue weighted by atomic mass is 16.5. The molecule has 1 atom stereocenters. The molecule has 1 aliphatic heterocycles. The van der Waals surface area contributed by atoms with Gasteiger partial charge in [0.15, 0.2) is 6.10 Å². The smallest absolute Gasteiger partial charge is 0.265 e. The summed E-state index contributed by atoms with van der Waals surface area (Å²) in [5.41, 5.74) is 8.03. The highest BCUT2D eigenvalue weighted by Crippen LogP contribution is 2.40. The third-order valence-electron chi connectivity index (χ3n) is 3.98. The van der Waals surface area contributed by atoms with Crippen molar-refractivity contribution >= 4 is 11.6 Å². The largest absolute Gasteiger partial charge is 0.479 e. The number of anilines is 1. The molecule has 4 nitrogen and oxygen atoms in total. The van der Waals surface area contributed by atoms with Gasteiger partial charge in [-0.25, -0.2) is 0 Å². The number of rotatable bonds is 1. The van der Waals surface area contributed by atoms with E-state index in [0.717, 1.165) is 29.8 Å². The van der Waals surface area contributed by atoms with Crippen molar-refractivity contribution in [3.8, 4) is 5.75 Å². The highest BCUT2D eigenvalue weighted by molar-refractivity contribution is 5.97. The Morgan fingerprint density at radius 2 is 2.11 bits per heavy atom. The summed E-state index contributed by atoms with van der Waals surface area (Å²) in [6.45, 7) is 1.74. The quantitative estimate of drug-likeness (QED) is 0.798. The molecule has 0 saturated heterocycles. The number of fused-ring (bicyclic) bond motifs is 1. The van der Waals surface area contributed by atoms with Crippen LogP contribution in [0.5, 0.6) is 5.75 Å². The number of nitrogens with two attached hydrogens (primary N) is 1. The van der Waals surface area contributed by atoms with Crippen molar-refractivity contribution in [1.29, 1.82) is 0 Å². The van der Waals surface area contributed by atoms with Crippen molar-refractivity contribution in [2.75, 3.05) is 5.32 Å². The summed E-state index contributed by atoms with van der Waals surface area (Å²) in [4.78, 5) is 11.6. The summed E-state index contributed by atoms with van der Waals surface area (Å²) in [5, 5.41) is 2.87. The third kappa shape index (κ3) is 1.77. The van der Waals surface area contributed by atoms with Gasteiger partial charge in [0.1, 0.15) is 5.75 Å². The fraction of sp³-hybridized carbons (Fsp3) is 0.500. The van der Waals surface area contributed by atoms with Crippen molar-refractivity contribution < 1.29 is 9.53 Å². The van der Waals surface area contributed by atoms with Crippen LogP contribution in [0.4, 0.5) is 5.69 Å². The van der Waals surface area contributed by atoms with Crippen LogP contribution in [0.15, 0.2) is 18.2 Å². The van der Waals surface area contributed by atoms with E-state index >= 15 is 0 Å². The van der Waals surface area contributed by atoms with Gasteiger partial charge in [-0.1, -0.05) is 18.9 Å². The first-order valence-corrected chi connectivity index (χ1v) is 6.49. The predicted octanol–water partition coefficient (Wildman–Crippen LogP) is 2.13. The van der Waals surface area contributed by atoms with E-state index in [4.69, 9.17) is 10.5 Å². The van der Waals surface area contributed by atoms with Crippen LogP contribution in [-0.4, -0.2) is 12.0 Å². The van der Waals surface area contributed by atoms with Crippen molar-refractivity contribution in [2.45, 2.75) is 44.2 Å². The van der Waals surface area contributed by atoms with Gasteiger partial charge in [0, 0.05) is 5.54 Å². The molecule has 18 heavy (non-hydrogen) atoms. The van der Waals surface area contributed by atoms with Crippen molar-refractivity contribution in [3.63, 3.8) is 0 Å². The topological polar surface area (TPSA) is 64.3 Å². The molecule has 1 aromatic carbocycles. The Kier molecular flexibility index (Phi) is 2.55. The normalized spacial score (nSPS) is 25.2. The second-order valence-electron chi connectivity index (χ2n) is 5.32. The molecule has 1 saturated carbocycles. The molecular weight excluding hydrogens is 228 g/mol. The molecule has 0 bridgehead atoms. The Morgan fingerprint density at radius 1 is 1.39 bits per heavy atom. The Morgan fingerprint density at radius 3 is 2.83 bits per heavy atom. The fourth-order valence-electron chi connectivity index (χ4n) is 2.81. The zero-order valence-corrected chi connectivity index (χ0v) is 10.5. The van der Waals surface area contributed by atoms with Crippen LogP contribution in [0.1, 0.15) is 38.2 Å². The number of benzene rings is 1. The van der Waals surface area contributed by atoms with E-state index in [1.807, 2.05) is 18.2 Å². The van der Waals surface area contributed by atoms with Crippen molar-refractivity contribution in [2.24, 2.45) is 5.73 Å². The third-order valence-corrected chi connectivity index (χ3v) is 3.98. The molecule has 1 aromatic rings. The maximum atomic E-state index is 11.6. The lowest BCUT2D eigenvalue weighted by Gasteiger charge is -2.28. The minimum Gasteiger partial charge on any atom is -0.479 e. The summed E-state index contributed by atoms with van der Waals surface area (Å²) in [6, 6.07) is 5.90. The van der Waals surface area contributed by atoms with E-state index in [1.165, 1.54) is 12.8 Å². The molecule has 0 spiro atoms. The summed E-state index contributed by atoms with van der Waals surface area (Å²) < 4.78 is 5.54. The van der Waals surface area contributed by atoms with Gasteiger partial charge in [-0.2, -0.15) is 0 Å². The maximum Gasteiger partial charge on any atom is 0.265 e. The summed E-state index contributed by atoms with van der Waals surface area (Å²) in [5.74, 6) is 0.629. The number of amides is 1. The second kappa shape index (κ2) is 3.99. The molecule has 0 radical (unpaired) electrons. The van der Waals surface area contributed by atoms with E-state index in [-0.39, 0.29) is 11.4 Å². The van der Waals surface area contributed by atoms with Crippen LogP contribution < -0.4 is 15.8 Å². The molecule has 1 unspecified atom stereocenters. The van der Waals surface area contributed by atoms with Crippen LogP contribution >= 0.6 is 0 Å². The van der Waals surface area contributed by atoms with Gasteiger partial charge in [0.05, 0.1) is 5.69 Å². The lowest BCUT2D eigenvalue weighted by atomic mass is 9.89. The first-order valence-electron chi connectivity index (χ1n) is 6.49. The first-order chi connectivity index (χ1) is 8.58. The second-order valence-corrected chi connectivity index (χ2v) is 5.32. The Balaban J connectivity index is 1.96. The van der Waals surface area contributed by atoms with E-state index in [2.05, 4.69) is 5.32 Å². The summed E-state index contributed by atoms with van der Waals surface area (Å²) >= 11 is 0. The molecule has 96 valence electrons. The van der Waals surface area contributed by atoms with E-state index in [0.29, 0.717) is 0 Å². The number of ether oxygens (including phenoxy) is 1. The lowest BCUT2D eigenvalue weighted by molar-refractivity contribution is -0.122. The predicted molar refractivity (Wildman–Crippen MR) is 69.5 cm³/mol. The van der Waals surface area contributed by atoms with Gasteiger partial charge < -0.3 is 15.8 Å². The SMILES string of the molecule is CC1Oc2ccc(C3(N)CCCC3)cc2NC1=O. The molecule has 1 aliphatic carbocycles. The minimum absolute atomic E-state index is 0.0999. The molecule has 0 aromatic heterocycles. The van der Waals surface area contributed by atoms with Gasteiger partial charge in [-0.3, -0.25) is 4.79 Å².